The van der Waals surface area contributed by atoms with E-state index in [0.29, 0.717) is 0 Å². The lowest BCUT2D eigenvalue weighted by Gasteiger charge is -2.03. The molecule has 2 aromatic rings. The number of nitrogen functional groups attached to an aromatic ring is 1. The summed E-state index contributed by atoms with van der Waals surface area (Å²) in [6.07, 6.45) is 0. The zero-order valence-electron chi connectivity index (χ0n) is 12.7. The second-order valence-electron chi connectivity index (χ2n) is 4.60. The largest absolute Gasteiger partial charge is 0.504 e. The van der Waals surface area contributed by atoms with Gasteiger partial charge in [-0.05, 0) is 18.2 Å². The Hall–Kier alpha value is -4.22. The molecule has 0 aliphatic heterocycles. The molecule has 0 atom stereocenters. The summed E-state index contributed by atoms with van der Waals surface area (Å²) in [5, 5.41) is 63.3. The van der Waals surface area contributed by atoms with Crippen LogP contribution in [0.2, 0.25) is 0 Å². The van der Waals surface area contributed by atoms with Crippen LogP contribution in [0.3, 0.4) is 0 Å². The molecule has 2 rings (SSSR count). The minimum Gasteiger partial charge on any atom is -0.504 e. The van der Waals surface area contributed by atoms with E-state index in [9.17, 15) is 19.7 Å². The maximum absolute atomic E-state index is 10.4. The van der Waals surface area contributed by atoms with Crippen molar-refractivity contribution in [1.29, 1.82) is 0 Å². The number of nitrogens with zero attached hydrogens (tertiary/aromatic N) is 1. The van der Waals surface area contributed by atoms with Crippen molar-refractivity contribution < 1.29 is 45.2 Å². The number of aromatic hydroxyl groups is 4. The number of nitrogens with two attached hydrogens (primary N) is 1. The van der Waals surface area contributed by atoms with Crippen molar-refractivity contribution >= 4 is 23.3 Å². The average Bonchev–Trinajstić information content (AvgIpc) is 2.54. The zero-order chi connectivity index (χ0) is 20.2. The number of phenols is 4. The van der Waals surface area contributed by atoms with Gasteiger partial charge in [-0.25, -0.2) is 9.59 Å². The van der Waals surface area contributed by atoms with Crippen LogP contribution in [0.25, 0.3) is 0 Å². The Morgan fingerprint density at radius 3 is 1.65 bits per heavy atom. The van der Waals surface area contributed by atoms with Crippen molar-refractivity contribution in [1.82, 2.24) is 0 Å². The van der Waals surface area contributed by atoms with Crippen LogP contribution in [0.5, 0.6) is 23.0 Å². The van der Waals surface area contributed by atoms with Crippen molar-refractivity contribution in [3.05, 3.63) is 45.5 Å². The summed E-state index contributed by atoms with van der Waals surface area (Å²) in [4.78, 5) is 30.1. The van der Waals surface area contributed by atoms with E-state index >= 15 is 0 Å². The van der Waals surface area contributed by atoms with Crippen molar-refractivity contribution in [2.24, 2.45) is 0 Å². The quantitative estimate of drug-likeness (QED) is 0.175. The molecule has 0 saturated heterocycles. The molecule has 0 bridgehead atoms. The first kappa shape index (κ1) is 19.8. The molecule has 0 aliphatic carbocycles. The summed E-state index contributed by atoms with van der Waals surface area (Å²) in [6.45, 7) is 0. The third-order valence-corrected chi connectivity index (χ3v) is 2.97. The van der Waals surface area contributed by atoms with E-state index in [1.54, 1.807) is 0 Å². The van der Waals surface area contributed by atoms with E-state index in [4.69, 9.17) is 36.4 Å². The molecule has 8 N–H and O–H groups in total. The van der Waals surface area contributed by atoms with Gasteiger partial charge in [-0.1, -0.05) is 0 Å². The van der Waals surface area contributed by atoms with Crippen LogP contribution in [0.15, 0.2) is 24.3 Å². The first-order valence-corrected chi connectivity index (χ1v) is 6.45. The van der Waals surface area contributed by atoms with Gasteiger partial charge >= 0.3 is 17.6 Å². The number of carboxylic acid groups (broad SMARTS) is 2. The lowest BCUT2D eigenvalue weighted by atomic mass is 10.1. The Morgan fingerprint density at radius 1 is 0.808 bits per heavy atom. The smallest absolute Gasteiger partial charge is 0.339 e. The van der Waals surface area contributed by atoms with Crippen LogP contribution < -0.4 is 5.73 Å². The Balaban J connectivity index is 0.000000263. The fraction of sp³-hybridized carbons (Fsp3) is 0. The van der Waals surface area contributed by atoms with Gasteiger partial charge in [0, 0.05) is 6.07 Å². The second-order valence-corrected chi connectivity index (χ2v) is 4.60. The van der Waals surface area contributed by atoms with Gasteiger partial charge in [-0.3, -0.25) is 10.1 Å². The van der Waals surface area contributed by atoms with Crippen molar-refractivity contribution in [2.45, 2.75) is 0 Å². The molecule has 0 saturated carbocycles. The van der Waals surface area contributed by atoms with E-state index in [1.807, 2.05) is 0 Å². The van der Waals surface area contributed by atoms with Crippen LogP contribution in [0.1, 0.15) is 20.7 Å². The van der Waals surface area contributed by atoms with Crippen LogP contribution >= 0.6 is 0 Å². The van der Waals surface area contributed by atoms with Gasteiger partial charge in [0.05, 0.1) is 10.6 Å². The van der Waals surface area contributed by atoms with Crippen LogP contribution in [-0.2, 0) is 0 Å². The van der Waals surface area contributed by atoms with Gasteiger partial charge in [0.1, 0.15) is 11.1 Å². The highest BCUT2D eigenvalue weighted by molar-refractivity contribution is 5.93. The molecule has 0 aliphatic rings. The normalized spacial score (nSPS) is 9.69. The minimum atomic E-state index is -1.48. The van der Waals surface area contributed by atoms with Gasteiger partial charge in [0.15, 0.2) is 17.2 Å². The van der Waals surface area contributed by atoms with E-state index in [2.05, 4.69) is 0 Å². The van der Waals surface area contributed by atoms with Gasteiger partial charge in [0.2, 0.25) is 5.75 Å². The van der Waals surface area contributed by atoms with Crippen molar-refractivity contribution in [3.63, 3.8) is 0 Å². The number of benzene rings is 2. The zero-order valence-corrected chi connectivity index (χ0v) is 12.7. The number of hydrogen-bond acceptors (Lipinski definition) is 9. The number of hydrogen-bond donors (Lipinski definition) is 7. The molecule has 0 fully saturated rings. The molecule has 0 aromatic heterocycles. The van der Waals surface area contributed by atoms with Crippen LogP contribution in [-0.4, -0.2) is 47.5 Å². The topological polar surface area (TPSA) is 225 Å². The van der Waals surface area contributed by atoms with Gasteiger partial charge in [-0.15, -0.1) is 0 Å². The number of anilines is 1. The van der Waals surface area contributed by atoms with E-state index in [0.717, 1.165) is 18.2 Å². The molecule has 0 heterocycles. The molecule has 12 nitrogen and oxygen atoms in total. The number of nitro benzene ring substituents is 1. The first-order valence-electron chi connectivity index (χ1n) is 6.45. The van der Waals surface area contributed by atoms with Gasteiger partial charge in [-0.2, -0.15) is 0 Å². The summed E-state index contributed by atoms with van der Waals surface area (Å²) in [5.74, 6) is -6.16. The van der Waals surface area contributed by atoms with E-state index in [-0.39, 0.29) is 11.3 Å². The van der Waals surface area contributed by atoms with Crippen LogP contribution in [0.4, 0.5) is 11.4 Å². The summed E-state index contributed by atoms with van der Waals surface area (Å²) in [5.41, 5.74) is 3.42. The SMILES string of the molecule is Nc1ccc(C(=O)O)c(O)c1O.O=C(O)c1ccc([N+](=O)[O-])c(O)c1O. The van der Waals surface area contributed by atoms with Crippen molar-refractivity contribution in [3.8, 4) is 23.0 Å². The number of carboxylic acids is 2. The Morgan fingerprint density at radius 2 is 1.23 bits per heavy atom. The third-order valence-electron chi connectivity index (χ3n) is 2.97. The van der Waals surface area contributed by atoms with E-state index in [1.165, 1.54) is 6.07 Å². The molecule has 0 amide bonds. The highest BCUT2D eigenvalue weighted by Crippen LogP contribution is 2.37. The highest BCUT2D eigenvalue weighted by atomic mass is 16.6. The number of carbonyl (C=O) groups is 2. The molecule has 138 valence electrons. The molecular weight excluding hydrogens is 356 g/mol. The van der Waals surface area contributed by atoms with Gasteiger partial charge < -0.3 is 36.4 Å². The number of phenolic OH excluding ortho intramolecular Hbond substituents is 2. The lowest BCUT2D eigenvalue weighted by Crippen LogP contribution is -1.98. The fourth-order valence-corrected chi connectivity index (χ4v) is 1.66. The van der Waals surface area contributed by atoms with Crippen molar-refractivity contribution in [2.75, 3.05) is 5.73 Å². The molecule has 2 aromatic carbocycles. The molecule has 0 unspecified atom stereocenters. The predicted octanol–water partition coefficient (Wildman–Crippen LogP) is 1.08. The Kier molecular flexibility index (Phi) is 5.77. The molecule has 0 radical (unpaired) electrons. The summed E-state index contributed by atoms with van der Waals surface area (Å²) in [6, 6.07) is 3.97. The summed E-state index contributed by atoms with van der Waals surface area (Å²) >= 11 is 0. The lowest BCUT2D eigenvalue weighted by molar-refractivity contribution is -0.386. The van der Waals surface area contributed by atoms with E-state index < -0.39 is 51.1 Å². The van der Waals surface area contributed by atoms with Gasteiger partial charge in [0.25, 0.3) is 0 Å². The molecule has 26 heavy (non-hydrogen) atoms. The van der Waals surface area contributed by atoms with Crippen LogP contribution in [0, 0.1) is 10.1 Å². The Bertz CT molecular complexity index is 855. The number of aromatic carboxylic acids is 2. The Labute approximate surface area is 143 Å². The number of nitro groups is 1. The minimum absolute atomic E-state index is 0.0579. The summed E-state index contributed by atoms with van der Waals surface area (Å²) < 4.78 is 0. The standard InChI is InChI=1S/C7H5NO6.C7H7NO4/c9-5-3(7(11)12)1-2-4(6(5)10)8(13)14;8-4-2-1-3(7(11)12)5(9)6(4)10/h1-2,9-10H,(H,11,12);1-2,9-10H,8H2,(H,11,12). The monoisotopic (exact) mass is 368 g/mol. The number of rotatable bonds is 3. The average molecular weight is 368 g/mol. The molecule has 0 spiro atoms. The fourth-order valence-electron chi connectivity index (χ4n) is 1.66. The maximum Gasteiger partial charge on any atom is 0.339 e. The highest BCUT2D eigenvalue weighted by Gasteiger charge is 2.22. The predicted molar refractivity (Wildman–Crippen MR) is 84.5 cm³/mol. The second kappa shape index (κ2) is 7.57. The maximum atomic E-state index is 10.4. The third kappa shape index (κ3) is 4.00. The molecule has 12 heteroatoms. The molecular formula is C14H12N2O10. The summed E-state index contributed by atoms with van der Waals surface area (Å²) in [7, 11) is 0. The first-order chi connectivity index (χ1) is 12.0.